The van der Waals surface area contributed by atoms with Crippen molar-refractivity contribution in [1.29, 1.82) is 0 Å². The Kier molecular flexibility index (Phi) is 4.86. The van der Waals surface area contributed by atoms with Crippen LogP contribution in [0.1, 0.15) is 16.8 Å². The molecule has 0 aromatic carbocycles. The number of aliphatic hydroxyl groups is 2. The number of aromatic nitrogens is 1. The first-order valence-electron chi connectivity index (χ1n) is 5.31. The predicted molar refractivity (Wildman–Crippen MR) is 65.5 cm³/mol. The van der Waals surface area contributed by atoms with E-state index in [9.17, 15) is 10.2 Å². The number of hydrogen-bond acceptors (Lipinski definition) is 5. The van der Waals surface area contributed by atoms with Crippen LogP contribution in [0.25, 0.3) is 0 Å². The molecule has 0 amide bonds. The van der Waals surface area contributed by atoms with E-state index >= 15 is 0 Å². The molecule has 0 radical (unpaired) electrons. The van der Waals surface area contributed by atoms with Crippen LogP contribution < -0.4 is 0 Å². The van der Waals surface area contributed by atoms with Gasteiger partial charge >= 0.3 is 0 Å². The second kappa shape index (κ2) is 5.72. The normalized spacial score (nSPS) is 12.4. The molecule has 0 spiro atoms. The van der Waals surface area contributed by atoms with Crippen molar-refractivity contribution in [1.82, 2.24) is 9.88 Å². The van der Waals surface area contributed by atoms with Crippen LogP contribution in [-0.2, 0) is 6.54 Å². The van der Waals surface area contributed by atoms with Crippen molar-refractivity contribution >= 4 is 11.3 Å². The second-order valence-corrected chi connectivity index (χ2v) is 5.96. The van der Waals surface area contributed by atoms with Gasteiger partial charge in [-0.05, 0) is 14.0 Å². The fraction of sp³-hybridized carbons (Fsp3) is 0.727. The molecule has 0 aliphatic heterocycles. The summed E-state index contributed by atoms with van der Waals surface area (Å²) in [6, 6.07) is 0. The maximum Gasteiger partial charge on any atom is 0.0897 e. The minimum absolute atomic E-state index is 0.00441. The van der Waals surface area contributed by atoms with Gasteiger partial charge in [-0.1, -0.05) is 6.92 Å². The molecule has 0 atom stereocenters. The first-order chi connectivity index (χ1) is 7.49. The standard InChI is InChI=1S/C11H20N2O2S/c1-9-12-4-10(16-9)5-13(3)6-11(2,7-14)8-15/h4,14-15H,5-8H2,1-3H3. The average molecular weight is 244 g/mol. The Morgan fingerprint density at radius 1 is 1.44 bits per heavy atom. The van der Waals surface area contributed by atoms with E-state index in [-0.39, 0.29) is 13.2 Å². The lowest BCUT2D eigenvalue weighted by atomic mass is 9.92. The Balaban J connectivity index is 2.50. The van der Waals surface area contributed by atoms with Crippen LogP contribution in [-0.4, -0.2) is 46.9 Å². The highest BCUT2D eigenvalue weighted by molar-refractivity contribution is 7.11. The van der Waals surface area contributed by atoms with Gasteiger partial charge in [0.15, 0.2) is 0 Å². The molecule has 0 aliphatic rings. The van der Waals surface area contributed by atoms with Gasteiger partial charge in [0.2, 0.25) is 0 Å². The van der Waals surface area contributed by atoms with E-state index in [0.29, 0.717) is 6.54 Å². The zero-order chi connectivity index (χ0) is 12.2. The maximum atomic E-state index is 9.21. The lowest BCUT2D eigenvalue weighted by Crippen LogP contribution is -2.38. The monoisotopic (exact) mass is 244 g/mol. The van der Waals surface area contributed by atoms with Crippen LogP contribution >= 0.6 is 11.3 Å². The van der Waals surface area contributed by atoms with Crippen molar-refractivity contribution in [2.24, 2.45) is 5.41 Å². The summed E-state index contributed by atoms with van der Waals surface area (Å²) in [5.74, 6) is 0. The number of aryl methyl sites for hydroxylation is 1. The van der Waals surface area contributed by atoms with Gasteiger partial charge in [0, 0.05) is 29.6 Å². The molecule has 0 saturated heterocycles. The van der Waals surface area contributed by atoms with Crippen molar-refractivity contribution in [2.75, 3.05) is 26.8 Å². The zero-order valence-corrected chi connectivity index (χ0v) is 10.9. The Hall–Kier alpha value is -0.490. The first kappa shape index (κ1) is 13.6. The highest BCUT2D eigenvalue weighted by Crippen LogP contribution is 2.19. The summed E-state index contributed by atoms with van der Waals surface area (Å²) in [5.41, 5.74) is -0.436. The minimum Gasteiger partial charge on any atom is -0.396 e. The molecule has 92 valence electrons. The molecule has 1 aromatic rings. The molecule has 0 aliphatic carbocycles. The predicted octanol–water partition coefficient (Wildman–Crippen LogP) is 0.874. The van der Waals surface area contributed by atoms with Crippen LogP contribution in [0.3, 0.4) is 0 Å². The molecule has 0 bridgehead atoms. The fourth-order valence-corrected chi connectivity index (χ4v) is 2.48. The van der Waals surface area contributed by atoms with Gasteiger partial charge in [-0.3, -0.25) is 0 Å². The second-order valence-electron chi connectivity index (χ2n) is 4.64. The highest BCUT2D eigenvalue weighted by atomic mass is 32.1. The van der Waals surface area contributed by atoms with Gasteiger partial charge in [-0.2, -0.15) is 0 Å². The summed E-state index contributed by atoms with van der Waals surface area (Å²) in [6.07, 6.45) is 1.88. The third-order valence-corrected chi connectivity index (χ3v) is 3.41. The summed E-state index contributed by atoms with van der Waals surface area (Å²) in [4.78, 5) is 7.50. The van der Waals surface area contributed by atoms with E-state index in [1.165, 1.54) is 4.88 Å². The van der Waals surface area contributed by atoms with E-state index in [1.807, 2.05) is 27.1 Å². The lowest BCUT2D eigenvalue weighted by molar-refractivity contribution is 0.0404. The third kappa shape index (κ3) is 3.83. The van der Waals surface area contributed by atoms with Crippen LogP contribution in [0.4, 0.5) is 0 Å². The summed E-state index contributed by atoms with van der Waals surface area (Å²) >= 11 is 1.68. The van der Waals surface area contributed by atoms with Crippen molar-refractivity contribution in [2.45, 2.75) is 20.4 Å². The number of aliphatic hydroxyl groups excluding tert-OH is 2. The van der Waals surface area contributed by atoms with Gasteiger partial charge in [-0.25, -0.2) is 4.98 Å². The van der Waals surface area contributed by atoms with E-state index < -0.39 is 5.41 Å². The lowest BCUT2D eigenvalue weighted by Gasteiger charge is -2.29. The molecular formula is C11H20N2O2S. The summed E-state index contributed by atoms with van der Waals surface area (Å²) in [6.45, 7) is 5.32. The molecule has 1 heterocycles. The number of hydrogen-bond donors (Lipinski definition) is 2. The Labute approximate surface area is 101 Å². The molecule has 5 heteroatoms. The number of rotatable bonds is 6. The topological polar surface area (TPSA) is 56.6 Å². The molecular weight excluding hydrogens is 224 g/mol. The van der Waals surface area contributed by atoms with Crippen molar-refractivity contribution < 1.29 is 10.2 Å². The quantitative estimate of drug-likeness (QED) is 0.780. The largest absolute Gasteiger partial charge is 0.396 e. The molecule has 0 fully saturated rings. The molecule has 2 N–H and O–H groups in total. The van der Waals surface area contributed by atoms with Gasteiger partial charge < -0.3 is 15.1 Å². The van der Waals surface area contributed by atoms with Crippen molar-refractivity contribution in [3.8, 4) is 0 Å². The van der Waals surface area contributed by atoms with Gasteiger partial charge in [0.1, 0.15) is 0 Å². The molecule has 1 rings (SSSR count). The van der Waals surface area contributed by atoms with Crippen LogP contribution in [0.15, 0.2) is 6.20 Å². The summed E-state index contributed by atoms with van der Waals surface area (Å²) in [7, 11) is 1.98. The van der Waals surface area contributed by atoms with E-state index in [0.717, 1.165) is 11.6 Å². The summed E-state index contributed by atoms with van der Waals surface area (Å²) in [5, 5.41) is 19.5. The van der Waals surface area contributed by atoms with Gasteiger partial charge in [0.25, 0.3) is 0 Å². The zero-order valence-electron chi connectivity index (χ0n) is 10.1. The van der Waals surface area contributed by atoms with E-state index in [1.54, 1.807) is 11.3 Å². The minimum atomic E-state index is -0.436. The molecule has 0 saturated carbocycles. The maximum absolute atomic E-state index is 9.21. The van der Waals surface area contributed by atoms with Gasteiger partial charge in [-0.15, -0.1) is 11.3 Å². The SMILES string of the molecule is Cc1ncc(CN(C)CC(C)(CO)CO)s1. The summed E-state index contributed by atoms with van der Waals surface area (Å²) < 4.78 is 0. The number of nitrogens with zero attached hydrogens (tertiary/aromatic N) is 2. The van der Waals surface area contributed by atoms with Gasteiger partial charge in [0.05, 0.1) is 18.2 Å². The van der Waals surface area contributed by atoms with Crippen LogP contribution in [0.5, 0.6) is 0 Å². The highest BCUT2D eigenvalue weighted by Gasteiger charge is 2.24. The molecule has 0 unspecified atom stereocenters. The Morgan fingerprint density at radius 3 is 2.50 bits per heavy atom. The molecule has 16 heavy (non-hydrogen) atoms. The smallest absolute Gasteiger partial charge is 0.0897 e. The molecule has 1 aromatic heterocycles. The third-order valence-electron chi connectivity index (χ3n) is 2.51. The number of thiazole rings is 1. The Bertz CT molecular complexity index is 324. The van der Waals surface area contributed by atoms with E-state index in [2.05, 4.69) is 9.88 Å². The van der Waals surface area contributed by atoms with Crippen molar-refractivity contribution in [3.05, 3.63) is 16.1 Å². The van der Waals surface area contributed by atoms with E-state index in [4.69, 9.17) is 0 Å². The van der Waals surface area contributed by atoms with Crippen LogP contribution in [0, 0.1) is 12.3 Å². The molecule has 4 nitrogen and oxygen atoms in total. The van der Waals surface area contributed by atoms with Crippen molar-refractivity contribution in [3.63, 3.8) is 0 Å². The first-order valence-corrected chi connectivity index (χ1v) is 6.12. The fourth-order valence-electron chi connectivity index (χ4n) is 1.60. The Morgan fingerprint density at radius 2 is 2.06 bits per heavy atom. The van der Waals surface area contributed by atoms with Crippen LogP contribution in [0.2, 0.25) is 0 Å². The average Bonchev–Trinajstić information content (AvgIpc) is 2.63.